The Morgan fingerprint density at radius 3 is 2.78 bits per heavy atom. The number of anilines is 2. The summed E-state index contributed by atoms with van der Waals surface area (Å²) < 4.78 is 4.77. The minimum absolute atomic E-state index is 0.355. The third-order valence-electron chi connectivity index (χ3n) is 3.85. The summed E-state index contributed by atoms with van der Waals surface area (Å²) in [7, 11) is 1.38. The van der Waals surface area contributed by atoms with Gasteiger partial charge < -0.3 is 15.8 Å². The number of hydrogen-bond donors (Lipinski definition) is 2. The number of para-hydroxylation sites is 1. The molecule has 1 aliphatic carbocycles. The van der Waals surface area contributed by atoms with Crippen molar-refractivity contribution in [3.05, 3.63) is 23.8 Å². The average Bonchev–Trinajstić information content (AvgIpc) is 3.17. The summed E-state index contributed by atoms with van der Waals surface area (Å²) in [5.41, 5.74) is 8.12. The molecule has 98 valence electrons. The standard InChI is InChI=1S/C14H20N2O2/c1-3-14(7-8-14)9-16-12-10(13(17)18-2)5-4-6-11(12)15/h4-6,16H,3,7-9,15H2,1-2H3. The van der Waals surface area contributed by atoms with Crippen LogP contribution in [0.5, 0.6) is 0 Å². The van der Waals surface area contributed by atoms with Crippen molar-refractivity contribution in [1.29, 1.82) is 0 Å². The predicted molar refractivity (Wildman–Crippen MR) is 72.6 cm³/mol. The van der Waals surface area contributed by atoms with Gasteiger partial charge >= 0.3 is 5.97 Å². The van der Waals surface area contributed by atoms with Crippen LogP contribution in [0.2, 0.25) is 0 Å². The Kier molecular flexibility index (Phi) is 3.45. The van der Waals surface area contributed by atoms with Gasteiger partial charge in [0.15, 0.2) is 0 Å². The molecule has 1 saturated carbocycles. The Hall–Kier alpha value is -1.71. The molecule has 0 aliphatic heterocycles. The van der Waals surface area contributed by atoms with Gasteiger partial charge in [-0.3, -0.25) is 0 Å². The number of carbonyl (C=O) groups is 1. The number of nitrogen functional groups attached to an aromatic ring is 1. The van der Waals surface area contributed by atoms with Gasteiger partial charge in [-0.15, -0.1) is 0 Å². The fraction of sp³-hybridized carbons (Fsp3) is 0.500. The largest absolute Gasteiger partial charge is 0.465 e. The second kappa shape index (κ2) is 4.88. The smallest absolute Gasteiger partial charge is 0.340 e. The molecule has 4 heteroatoms. The van der Waals surface area contributed by atoms with E-state index < -0.39 is 0 Å². The zero-order chi connectivity index (χ0) is 13.2. The molecule has 0 amide bonds. The summed E-state index contributed by atoms with van der Waals surface area (Å²) in [6.07, 6.45) is 3.65. The van der Waals surface area contributed by atoms with Crippen LogP contribution >= 0.6 is 0 Å². The molecular weight excluding hydrogens is 228 g/mol. The lowest BCUT2D eigenvalue weighted by atomic mass is 10.0. The van der Waals surface area contributed by atoms with Crippen LogP contribution in [-0.4, -0.2) is 19.6 Å². The number of methoxy groups -OCH3 is 1. The molecule has 0 spiro atoms. The summed E-state index contributed by atoms with van der Waals surface area (Å²) >= 11 is 0. The zero-order valence-electron chi connectivity index (χ0n) is 11.0. The lowest BCUT2D eigenvalue weighted by Gasteiger charge is -2.18. The summed E-state index contributed by atoms with van der Waals surface area (Å²) in [4.78, 5) is 11.7. The molecule has 0 heterocycles. The molecule has 1 aromatic carbocycles. The Bertz CT molecular complexity index is 453. The molecule has 0 bridgehead atoms. The highest BCUT2D eigenvalue weighted by Gasteiger charge is 2.40. The van der Waals surface area contributed by atoms with Crippen LogP contribution in [0.15, 0.2) is 18.2 Å². The van der Waals surface area contributed by atoms with Gasteiger partial charge in [-0.1, -0.05) is 13.0 Å². The summed E-state index contributed by atoms with van der Waals surface area (Å²) in [5, 5.41) is 3.32. The number of nitrogens with one attached hydrogen (secondary N) is 1. The Morgan fingerprint density at radius 1 is 1.50 bits per heavy atom. The molecule has 2 rings (SSSR count). The van der Waals surface area contributed by atoms with Crippen molar-refractivity contribution in [3.8, 4) is 0 Å². The van der Waals surface area contributed by atoms with E-state index in [0.29, 0.717) is 22.4 Å². The number of benzene rings is 1. The van der Waals surface area contributed by atoms with E-state index in [1.165, 1.54) is 20.0 Å². The maximum absolute atomic E-state index is 11.7. The van der Waals surface area contributed by atoms with Crippen LogP contribution in [0.4, 0.5) is 11.4 Å². The van der Waals surface area contributed by atoms with E-state index in [-0.39, 0.29) is 5.97 Å². The van der Waals surface area contributed by atoms with Gasteiger partial charge in [0.25, 0.3) is 0 Å². The Balaban J connectivity index is 2.18. The second-order valence-electron chi connectivity index (χ2n) is 4.97. The van der Waals surface area contributed by atoms with E-state index in [9.17, 15) is 4.79 Å². The van der Waals surface area contributed by atoms with Crippen LogP contribution in [-0.2, 0) is 4.74 Å². The fourth-order valence-corrected chi connectivity index (χ4v) is 2.16. The van der Waals surface area contributed by atoms with Crippen molar-refractivity contribution >= 4 is 17.3 Å². The minimum atomic E-state index is -0.355. The molecule has 0 aromatic heterocycles. The van der Waals surface area contributed by atoms with Gasteiger partial charge in [-0.25, -0.2) is 4.79 Å². The van der Waals surface area contributed by atoms with Crippen LogP contribution in [0, 0.1) is 5.41 Å². The number of rotatable bonds is 5. The van der Waals surface area contributed by atoms with Crippen molar-refractivity contribution in [1.82, 2.24) is 0 Å². The van der Waals surface area contributed by atoms with Gasteiger partial charge in [0.2, 0.25) is 0 Å². The number of ether oxygens (including phenoxy) is 1. The van der Waals surface area contributed by atoms with Gasteiger partial charge in [0.1, 0.15) is 0 Å². The molecule has 1 aromatic rings. The number of hydrogen-bond acceptors (Lipinski definition) is 4. The third kappa shape index (κ3) is 2.42. The van der Waals surface area contributed by atoms with Crippen LogP contribution in [0.1, 0.15) is 36.5 Å². The number of esters is 1. The first kappa shape index (κ1) is 12.7. The lowest BCUT2D eigenvalue weighted by Crippen LogP contribution is -2.18. The molecule has 1 aliphatic rings. The topological polar surface area (TPSA) is 64.3 Å². The van der Waals surface area contributed by atoms with E-state index in [1.807, 2.05) is 0 Å². The summed E-state index contributed by atoms with van der Waals surface area (Å²) in [6, 6.07) is 5.29. The van der Waals surface area contributed by atoms with Crippen LogP contribution in [0.3, 0.4) is 0 Å². The maximum Gasteiger partial charge on any atom is 0.340 e. The third-order valence-corrected chi connectivity index (χ3v) is 3.85. The first-order valence-electron chi connectivity index (χ1n) is 6.32. The van der Waals surface area contributed by atoms with Crippen molar-refractivity contribution < 1.29 is 9.53 Å². The van der Waals surface area contributed by atoms with Gasteiger partial charge in [-0.2, -0.15) is 0 Å². The molecule has 0 radical (unpaired) electrons. The molecule has 0 unspecified atom stereocenters. The van der Waals surface area contributed by atoms with Crippen molar-refractivity contribution in [2.45, 2.75) is 26.2 Å². The quantitative estimate of drug-likeness (QED) is 0.621. The minimum Gasteiger partial charge on any atom is -0.465 e. The molecule has 0 atom stereocenters. The first-order valence-corrected chi connectivity index (χ1v) is 6.32. The number of carbonyl (C=O) groups excluding carboxylic acids is 1. The molecular formula is C14H20N2O2. The van der Waals surface area contributed by atoms with Gasteiger partial charge in [0.05, 0.1) is 24.0 Å². The van der Waals surface area contributed by atoms with Gasteiger partial charge in [-0.05, 0) is 36.8 Å². The average molecular weight is 248 g/mol. The molecule has 3 N–H and O–H groups in total. The van der Waals surface area contributed by atoms with E-state index in [4.69, 9.17) is 10.5 Å². The molecule has 1 fully saturated rings. The van der Waals surface area contributed by atoms with Crippen LogP contribution < -0.4 is 11.1 Å². The number of nitrogens with two attached hydrogens (primary N) is 1. The monoisotopic (exact) mass is 248 g/mol. The molecule has 18 heavy (non-hydrogen) atoms. The van der Waals surface area contributed by atoms with Crippen molar-refractivity contribution in [3.63, 3.8) is 0 Å². The highest BCUT2D eigenvalue weighted by Crippen LogP contribution is 2.48. The van der Waals surface area contributed by atoms with Crippen molar-refractivity contribution in [2.24, 2.45) is 5.41 Å². The summed E-state index contributed by atoms with van der Waals surface area (Å²) in [6.45, 7) is 3.06. The highest BCUT2D eigenvalue weighted by atomic mass is 16.5. The molecule has 0 saturated heterocycles. The predicted octanol–water partition coefficient (Wildman–Crippen LogP) is 2.66. The fourth-order valence-electron chi connectivity index (χ4n) is 2.16. The maximum atomic E-state index is 11.7. The van der Waals surface area contributed by atoms with Gasteiger partial charge in [0, 0.05) is 6.54 Å². The van der Waals surface area contributed by atoms with E-state index in [1.54, 1.807) is 18.2 Å². The highest BCUT2D eigenvalue weighted by molar-refractivity contribution is 5.98. The normalized spacial score (nSPS) is 16.1. The SMILES string of the molecule is CCC1(CNc2c(N)cccc2C(=O)OC)CC1. The zero-order valence-corrected chi connectivity index (χ0v) is 11.0. The first-order chi connectivity index (χ1) is 8.62. The lowest BCUT2D eigenvalue weighted by molar-refractivity contribution is 0.0602. The second-order valence-corrected chi connectivity index (χ2v) is 4.97. The van der Waals surface area contributed by atoms with E-state index >= 15 is 0 Å². The Morgan fingerprint density at radius 2 is 2.22 bits per heavy atom. The summed E-state index contributed by atoms with van der Waals surface area (Å²) in [5.74, 6) is -0.355. The van der Waals surface area contributed by atoms with E-state index in [2.05, 4.69) is 12.2 Å². The van der Waals surface area contributed by atoms with Crippen molar-refractivity contribution in [2.75, 3.05) is 24.7 Å². The molecule has 4 nitrogen and oxygen atoms in total. The Labute approximate surface area is 108 Å². The van der Waals surface area contributed by atoms with Crippen LogP contribution in [0.25, 0.3) is 0 Å². The van der Waals surface area contributed by atoms with E-state index in [0.717, 1.165) is 13.0 Å².